The van der Waals surface area contributed by atoms with Crippen LogP contribution in [0.25, 0.3) is 0 Å². The molecule has 0 aliphatic heterocycles. The molecule has 1 heteroatoms. The van der Waals surface area contributed by atoms with Crippen molar-refractivity contribution < 1.29 is 0 Å². The number of rotatable bonds is 10. The van der Waals surface area contributed by atoms with Crippen molar-refractivity contribution in [2.24, 2.45) is 5.41 Å². The summed E-state index contributed by atoms with van der Waals surface area (Å²) in [4.78, 5) is 0. The van der Waals surface area contributed by atoms with E-state index < -0.39 is 0 Å². The van der Waals surface area contributed by atoms with Gasteiger partial charge in [-0.3, -0.25) is 0 Å². The van der Waals surface area contributed by atoms with Gasteiger partial charge in [0.2, 0.25) is 0 Å². The first kappa shape index (κ1) is 16.0. The molecule has 0 aromatic heterocycles. The topological polar surface area (TPSA) is 12.0 Å². The highest BCUT2D eigenvalue weighted by Gasteiger charge is 2.30. The summed E-state index contributed by atoms with van der Waals surface area (Å²) in [6, 6.07) is 0. The lowest BCUT2D eigenvalue weighted by atomic mass is 9.70. The molecule has 1 saturated carbocycles. The third-order valence-corrected chi connectivity index (χ3v) is 4.72. The first-order valence-electron chi connectivity index (χ1n) is 8.54. The molecule has 0 unspecified atom stereocenters. The predicted molar refractivity (Wildman–Crippen MR) is 82.1 cm³/mol. The smallest absolute Gasteiger partial charge is 0.000769 e. The highest BCUT2D eigenvalue weighted by molar-refractivity contribution is 4.84. The molecule has 1 aliphatic carbocycles. The standard InChI is InChI=1S/C17H35N/c1-3-5-6-7-8-10-13-17(16-18-4-2)14-11-9-12-15-17/h18H,3-16H2,1-2H3. The van der Waals surface area contributed by atoms with Crippen LogP contribution in [0.2, 0.25) is 0 Å². The number of unbranched alkanes of at least 4 members (excludes halogenated alkanes) is 5. The molecule has 1 nitrogen and oxygen atoms in total. The van der Waals surface area contributed by atoms with Crippen LogP contribution in [-0.4, -0.2) is 13.1 Å². The van der Waals surface area contributed by atoms with E-state index in [2.05, 4.69) is 19.2 Å². The monoisotopic (exact) mass is 253 g/mol. The van der Waals surface area contributed by atoms with Crippen molar-refractivity contribution in [1.82, 2.24) is 5.32 Å². The molecule has 108 valence electrons. The minimum Gasteiger partial charge on any atom is -0.316 e. The van der Waals surface area contributed by atoms with Gasteiger partial charge in [0.1, 0.15) is 0 Å². The molecule has 0 aromatic rings. The zero-order valence-electron chi connectivity index (χ0n) is 12.9. The van der Waals surface area contributed by atoms with Crippen LogP contribution < -0.4 is 5.32 Å². The number of nitrogens with one attached hydrogen (secondary N) is 1. The van der Waals surface area contributed by atoms with Crippen molar-refractivity contribution in [1.29, 1.82) is 0 Å². The summed E-state index contributed by atoms with van der Waals surface area (Å²) in [6.07, 6.45) is 17.5. The molecule has 0 bridgehead atoms. The summed E-state index contributed by atoms with van der Waals surface area (Å²) in [5.41, 5.74) is 0.666. The molecule has 0 heterocycles. The highest BCUT2D eigenvalue weighted by Crippen LogP contribution is 2.40. The van der Waals surface area contributed by atoms with Crippen LogP contribution in [0.1, 0.15) is 90.9 Å². The van der Waals surface area contributed by atoms with Gasteiger partial charge in [0.15, 0.2) is 0 Å². The summed E-state index contributed by atoms with van der Waals surface area (Å²) in [5, 5.41) is 3.62. The molecule has 1 rings (SSSR count). The van der Waals surface area contributed by atoms with Crippen LogP contribution in [0.15, 0.2) is 0 Å². The summed E-state index contributed by atoms with van der Waals surface area (Å²) in [5.74, 6) is 0. The molecule has 1 fully saturated rings. The van der Waals surface area contributed by atoms with E-state index in [9.17, 15) is 0 Å². The maximum Gasteiger partial charge on any atom is 0.000769 e. The Bertz CT molecular complexity index is 182. The zero-order chi connectivity index (χ0) is 13.1. The van der Waals surface area contributed by atoms with Gasteiger partial charge < -0.3 is 5.32 Å². The van der Waals surface area contributed by atoms with Gasteiger partial charge in [0.05, 0.1) is 0 Å². The Morgan fingerprint density at radius 3 is 2.17 bits per heavy atom. The van der Waals surface area contributed by atoms with Gasteiger partial charge in [0, 0.05) is 6.54 Å². The molecule has 0 atom stereocenters. The van der Waals surface area contributed by atoms with E-state index >= 15 is 0 Å². The number of hydrogen-bond acceptors (Lipinski definition) is 1. The summed E-state index contributed by atoms with van der Waals surface area (Å²) in [7, 11) is 0. The number of hydrogen-bond donors (Lipinski definition) is 1. The van der Waals surface area contributed by atoms with Crippen molar-refractivity contribution >= 4 is 0 Å². The van der Waals surface area contributed by atoms with Gasteiger partial charge in [-0.1, -0.05) is 71.6 Å². The summed E-state index contributed by atoms with van der Waals surface area (Å²) < 4.78 is 0. The second-order valence-electron chi connectivity index (χ2n) is 6.36. The Kier molecular flexibility index (Phi) is 8.75. The average Bonchev–Trinajstić information content (AvgIpc) is 2.42. The molecular weight excluding hydrogens is 218 g/mol. The molecule has 1 aliphatic rings. The van der Waals surface area contributed by atoms with E-state index in [4.69, 9.17) is 0 Å². The Balaban J connectivity index is 2.19. The van der Waals surface area contributed by atoms with Crippen molar-refractivity contribution in [3.8, 4) is 0 Å². The quantitative estimate of drug-likeness (QED) is 0.521. The van der Waals surface area contributed by atoms with Crippen LogP contribution in [0, 0.1) is 5.41 Å². The third-order valence-electron chi connectivity index (χ3n) is 4.72. The van der Waals surface area contributed by atoms with E-state index in [0.717, 1.165) is 6.54 Å². The Labute approximate surface area is 115 Å². The SMILES string of the molecule is CCCCCCCCC1(CNCC)CCCCC1. The average molecular weight is 253 g/mol. The summed E-state index contributed by atoms with van der Waals surface area (Å²) in [6.45, 7) is 6.95. The van der Waals surface area contributed by atoms with Crippen molar-refractivity contribution in [2.75, 3.05) is 13.1 Å². The van der Waals surface area contributed by atoms with E-state index in [1.165, 1.54) is 83.6 Å². The molecule has 0 spiro atoms. The van der Waals surface area contributed by atoms with Gasteiger partial charge in [-0.2, -0.15) is 0 Å². The van der Waals surface area contributed by atoms with Crippen LogP contribution >= 0.6 is 0 Å². The van der Waals surface area contributed by atoms with E-state index in [1.54, 1.807) is 0 Å². The van der Waals surface area contributed by atoms with E-state index in [1.807, 2.05) is 0 Å². The van der Waals surface area contributed by atoms with Crippen molar-refractivity contribution in [3.05, 3.63) is 0 Å². The van der Waals surface area contributed by atoms with Crippen LogP contribution in [0.3, 0.4) is 0 Å². The minimum atomic E-state index is 0.666. The van der Waals surface area contributed by atoms with E-state index in [-0.39, 0.29) is 0 Å². The fourth-order valence-corrected chi connectivity index (χ4v) is 3.49. The fraction of sp³-hybridized carbons (Fsp3) is 1.00. The lowest BCUT2D eigenvalue weighted by molar-refractivity contribution is 0.162. The molecule has 0 aromatic carbocycles. The first-order valence-corrected chi connectivity index (χ1v) is 8.54. The molecule has 1 N–H and O–H groups in total. The largest absolute Gasteiger partial charge is 0.316 e. The first-order chi connectivity index (χ1) is 8.83. The fourth-order valence-electron chi connectivity index (χ4n) is 3.49. The molecule has 0 radical (unpaired) electrons. The Morgan fingerprint density at radius 2 is 1.50 bits per heavy atom. The van der Waals surface area contributed by atoms with Gasteiger partial charge in [-0.25, -0.2) is 0 Å². The maximum atomic E-state index is 3.62. The van der Waals surface area contributed by atoms with Crippen LogP contribution in [0.4, 0.5) is 0 Å². The third kappa shape index (κ3) is 6.22. The van der Waals surface area contributed by atoms with Crippen molar-refractivity contribution in [2.45, 2.75) is 90.9 Å². The van der Waals surface area contributed by atoms with Crippen LogP contribution in [-0.2, 0) is 0 Å². The Hall–Kier alpha value is -0.0400. The predicted octanol–water partition coefficient (Wildman–Crippen LogP) is 5.30. The normalized spacial score (nSPS) is 19.0. The second kappa shape index (κ2) is 9.83. The van der Waals surface area contributed by atoms with E-state index in [0.29, 0.717) is 5.41 Å². The van der Waals surface area contributed by atoms with Gasteiger partial charge in [0.25, 0.3) is 0 Å². The molecule has 18 heavy (non-hydrogen) atoms. The minimum absolute atomic E-state index is 0.666. The zero-order valence-corrected chi connectivity index (χ0v) is 12.9. The van der Waals surface area contributed by atoms with Crippen molar-refractivity contribution in [3.63, 3.8) is 0 Å². The summed E-state index contributed by atoms with van der Waals surface area (Å²) >= 11 is 0. The molecule has 0 amide bonds. The van der Waals surface area contributed by atoms with Crippen LogP contribution in [0.5, 0.6) is 0 Å². The van der Waals surface area contributed by atoms with Gasteiger partial charge in [-0.05, 0) is 31.2 Å². The lowest BCUT2D eigenvalue weighted by Gasteiger charge is -2.38. The Morgan fingerprint density at radius 1 is 0.833 bits per heavy atom. The highest BCUT2D eigenvalue weighted by atomic mass is 14.9. The molecular formula is C17H35N. The lowest BCUT2D eigenvalue weighted by Crippen LogP contribution is -2.36. The van der Waals surface area contributed by atoms with Gasteiger partial charge in [-0.15, -0.1) is 0 Å². The van der Waals surface area contributed by atoms with Gasteiger partial charge >= 0.3 is 0 Å². The second-order valence-corrected chi connectivity index (χ2v) is 6.36. The molecule has 0 saturated heterocycles. The maximum absolute atomic E-state index is 3.62.